The fourth-order valence-corrected chi connectivity index (χ4v) is 4.00. The normalized spacial score (nSPS) is 14.5. The highest BCUT2D eigenvalue weighted by Crippen LogP contribution is 2.41. The Balaban J connectivity index is 2.09. The van der Waals surface area contributed by atoms with Gasteiger partial charge in [-0.25, -0.2) is 4.90 Å². The van der Waals surface area contributed by atoms with E-state index in [1.54, 1.807) is 43.5 Å². The van der Waals surface area contributed by atoms with Crippen molar-refractivity contribution in [3.05, 3.63) is 63.0 Å². The van der Waals surface area contributed by atoms with Gasteiger partial charge < -0.3 is 4.74 Å². The molecule has 7 heteroatoms. The number of methoxy groups -OCH3 is 1. The maximum Gasteiger partial charge on any atom is 0.272 e. The van der Waals surface area contributed by atoms with Crippen LogP contribution in [-0.2, 0) is 9.59 Å². The van der Waals surface area contributed by atoms with E-state index < -0.39 is 0 Å². The van der Waals surface area contributed by atoms with E-state index in [0.717, 1.165) is 4.90 Å². The van der Waals surface area contributed by atoms with Crippen molar-refractivity contribution in [1.82, 2.24) is 0 Å². The fourth-order valence-electron chi connectivity index (χ4n) is 2.73. The minimum absolute atomic E-state index is 0.138. The third kappa shape index (κ3) is 3.86. The maximum absolute atomic E-state index is 13.2. The second-order valence-electron chi connectivity index (χ2n) is 6.14. The van der Waals surface area contributed by atoms with Gasteiger partial charge in [-0.15, -0.1) is 11.8 Å². The number of thioether (sulfide) groups is 1. The lowest BCUT2D eigenvalue weighted by molar-refractivity contribution is -0.119. The SMILES string of the molecule is COc1ccc(C2=C(SC(C)C)C(=O)N(c3ccc(Cl)c(Cl)c3)C2=O)cc1. The van der Waals surface area contributed by atoms with E-state index in [-0.39, 0.29) is 22.1 Å². The standard InChI is InChI=1S/C20H17Cl2NO3S/c1-11(2)27-18-17(12-4-7-14(26-3)8-5-12)19(24)23(20(18)25)13-6-9-15(21)16(22)10-13/h4-11H,1-3H3. The Morgan fingerprint density at radius 1 is 0.963 bits per heavy atom. The predicted molar refractivity (Wildman–Crippen MR) is 112 cm³/mol. The molecule has 1 aliphatic heterocycles. The smallest absolute Gasteiger partial charge is 0.272 e. The van der Waals surface area contributed by atoms with E-state index in [1.807, 2.05) is 13.8 Å². The molecule has 0 aliphatic carbocycles. The molecule has 0 atom stereocenters. The van der Waals surface area contributed by atoms with Crippen molar-refractivity contribution in [2.75, 3.05) is 12.0 Å². The summed E-state index contributed by atoms with van der Waals surface area (Å²) in [6.07, 6.45) is 0. The quantitative estimate of drug-likeness (QED) is 0.603. The average molecular weight is 422 g/mol. The van der Waals surface area contributed by atoms with E-state index in [0.29, 0.717) is 32.5 Å². The van der Waals surface area contributed by atoms with Gasteiger partial charge in [0.2, 0.25) is 0 Å². The number of anilines is 1. The summed E-state index contributed by atoms with van der Waals surface area (Å²) in [7, 11) is 1.57. The zero-order valence-corrected chi connectivity index (χ0v) is 17.3. The van der Waals surface area contributed by atoms with Gasteiger partial charge >= 0.3 is 0 Å². The lowest BCUT2D eigenvalue weighted by Crippen LogP contribution is -2.31. The molecule has 140 valence electrons. The highest BCUT2D eigenvalue weighted by molar-refractivity contribution is 8.04. The summed E-state index contributed by atoms with van der Waals surface area (Å²) in [6, 6.07) is 11.8. The van der Waals surface area contributed by atoms with Gasteiger partial charge in [-0.1, -0.05) is 49.2 Å². The van der Waals surface area contributed by atoms with Gasteiger partial charge in [-0.2, -0.15) is 0 Å². The molecule has 2 aromatic rings. The molecule has 0 spiro atoms. The maximum atomic E-state index is 13.2. The van der Waals surface area contributed by atoms with Crippen molar-refractivity contribution in [1.29, 1.82) is 0 Å². The van der Waals surface area contributed by atoms with Crippen LogP contribution in [0.25, 0.3) is 5.57 Å². The largest absolute Gasteiger partial charge is 0.497 e. The number of amides is 2. The summed E-state index contributed by atoms with van der Waals surface area (Å²) >= 11 is 13.4. The average Bonchev–Trinajstić information content (AvgIpc) is 2.87. The van der Waals surface area contributed by atoms with E-state index in [4.69, 9.17) is 27.9 Å². The Hall–Kier alpha value is -1.95. The molecule has 0 unspecified atom stereocenters. The molecule has 4 nitrogen and oxygen atoms in total. The first-order valence-electron chi connectivity index (χ1n) is 8.22. The zero-order chi connectivity index (χ0) is 19.7. The number of ether oxygens (including phenoxy) is 1. The highest BCUT2D eigenvalue weighted by Gasteiger charge is 2.40. The molecule has 1 heterocycles. The van der Waals surface area contributed by atoms with Crippen molar-refractivity contribution in [2.24, 2.45) is 0 Å². The topological polar surface area (TPSA) is 46.6 Å². The monoisotopic (exact) mass is 421 g/mol. The van der Waals surface area contributed by atoms with Crippen LogP contribution < -0.4 is 9.64 Å². The van der Waals surface area contributed by atoms with Crippen LogP contribution in [0, 0.1) is 0 Å². The molecule has 0 saturated heterocycles. The van der Waals surface area contributed by atoms with Gasteiger partial charge in [0, 0.05) is 5.25 Å². The van der Waals surface area contributed by atoms with E-state index in [2.05, 4.69) is 0 Å². The molecule has 2 amide bonds. The van der Waals surface area contributed by atoms with Gasteiger partial charge in [0.15, 0.2) is 0 Å². The van der Waals surface area contributed by atoms with E-state index in [9.17, 15) is 9.59 Å². The molecule has 0 saturated carbocycles. The summed E-state index contributed by atoms with van der Waals surface area (Å²) < 4.78 is 5.18. The number of rotatable bonds is 5. The van der Waals surface area contributed by atoms with Crippen LogP contribution in [0.1, 0.15) is 19.4 Å². The summed E-state index contributed by atoms with van der Waals surface area (Å²) in [6.45, 7) is 3.95. The molecule has 0 fully saturated rings. The lowest BCUT2D eigenvalue weighted by Gasteiger charge is -2.16. The number of benzene rings is 2. The van der Waals surface area contributed by atoms with Crippen LogP contribution in [0.15, 0.2) is 47.4 Å². The van der Waals surface area contributed by atoms with Crippen LogP contribution in [0.4, 0.5) is 5.69 Å². The van der Waals surface area contributed by atoms with Gasteiger partial charge in [0.05, 0.1) is 33.3 Å². The van der Waals surface area contributed by atoms with Crippen molar-refractivity contribution < 1.29 is 14.3 Å². The first-order chi connectivity index (χ1) is 12.8. The Labute approximate surface area is 172 Å². The molecule has 27 heavy (non-hydrogen) atoms. The summed E-state index contributed by atoms with van der Waals surface area (Å²) in [4.78, 5) is 27.8. The molecule has 2 aromatic carbocycles. The summed E-state index contributed by atoms with van der Waals surface area (Å²) in [5, 5.41) is 0.782. The number of carbonyl (C=O) groups is 2. The molecule has 3 rings (SSSR count). The van der Waals surface area contributed by atoms with Crippen LogP contribution in [0.3, 0.4) is 0 Å². The number of hydrogen-bond donors (Lipinski definition) is 0. The molecule has 0 aromatic heterocycles. The van der Waals surface area contributed by atoms with Crippen LogP contribution in [0.5, 0.6) is 5.75 Å². The summed E-state index contributed by atoms with van der Waals surface area (Å²) in [5.41, 5.74) is 1.44. The third-order valence-corrected chi connectivity index (χ3v) is 5.76. The number of hydrogen-bond acceptors (Lipinski definition) is 4. The van der Waals surface area contributed by atoms with Crippen molar-refractivity contribution in [3.63, 3.8) is 0 Å². The van der Waals surface area contributed by atoms with Gasteiger partial charge in [0.25, 0.3) is 11.8 Å². The Morgan fingerprint density at radius 2 is 1.63 bits per heavy atom. The van der Waals surface area contributed by atoms with Gasteiger partial charge in [-0.05, 0) is 35.9 Å². The molecular weight excluding hydrogens is 405 g/mol. The fraction of sp³-hybridized carbons (Fsp3) is 0.200. The molecule has 0 bridgehead atoms. The number of carbonyl (C=O) groups excluding carboxylic acids is 2. The third-order valence-electron chi connectivity index (χ3n) is 3.93. The van der Waals surface area contributed by atoms with Gasteiger partial charge in [-0.3, -0.25) is 9.59 Å². The highest BCUT2D eigenvalue weighted by atomic mass is 35.5. The van der Waals surface area contributed by atoms with E-state index >= 15 is 0 Å². The van der Waals surface area contributed by atoms with E-state index in [1.165, 1.54) is 17.8 Å². The predicted octanol–water partition coefficient (Wildman–Crippen LogP) is 5.43. The molecular formula is C20H17Cl2NO3S. The minimum Gasteiger partial charge on any atom is -0.497 e. The zero-order valence-electron chi connectivity index (χ0n) is 15.0. The minimum atomic E-state index is -0.383. The van der Waals surface area contributed by atoms with Crippen LogP contribution >= 0.6 is 35.0 Å². The van der Waals surface area contributed by atoms with Crippen molar-refractivity contribution in [3.8, 4) is 5.75 Å². The Kier molecular flexibility index (Phi) is 5.84. The second kappa shape index (κ2) is 7.97. The Morgan fingerprint density at radius 3 is 2.19 bits per heavy atom. The first kappa shape index (κ1) is 19.8. The van der Waals surface area contributed by atoms with Crippen molar-refractivity contribution in [2.45, 2.75) is 19.1 Å². The number of halogens is 2. The number of imide groups is 1. The number of nitrogens with zero attached hydrogens (tertiary/aromatic N) is 1. The molecule has 1 aliphatic rings. The first-order valence-corrected chi connectivity index (χ1v) is 9.86. The molecule has 0 radical (unpaired) electrons. The molecule has 0 N–H and O–H groups in total. The van der Waals surface area contributed by atoms with Crippen LogP contribution in [-0.4, -0.2) is 24.2 Å². The van der Waals surface area contributed by atoms with Crippen LogP contribution in [0.2, 0.25) is 10.0 Å². The van der Waals surface area contributed by atoms with Gasteiger partial charge in [0.1, 0.15) is 5.75 Å². The Bertz CT molecular complexity index is 939. The second-order valence-corrected chi connectivity index (χ2v) is 8.54. The summed E-state index contributed by atoms with van der Waals surface area (Å²) in [5.74, 6) is -0.0647. The lowest BCUT2D eigenvalue weighted by atomic mass is 10.1. The van der Waals surface area contributed by atoms with Crippen molar-refractivity contribution >= 4 is 58.0 Å².